The molecule has 1 aromatic carbocycles. The van der Waals surface area contributed by atoms with Crippen molar-refractivity contribution in [2.45, 2.75) is 13.0 Å². The van der Waals surface area contributed by atoms with E-state index in [1.165, 1.54) is 18.5 Å². The molecule has 31 heavy (non-hydrogen) atoms. The normalized spacial score (nSPS) is 12.7. The van der Waals surface area contributed by atoms with Gasteiger partial charge in [0, 0.05) is 29.1 Å². The monoisotopic (exact) mass is 427 g/mol. The number of hydrogen-bond donors (Lipinski definition) is 3. The lowest BCUT2D eigenvalue weighted by atomic mass is 10.1. The third-order valence-corrected chi connectivity index (χ3v) is 4.26. The molecule has 0 unspecified atom stereocenters. The molecule has 1 aliphatic rings. The number of unbranched alkanes of at least 4 members (excludes halogenated alkanes) is 1. The zero-order valence-corrected chi connectivity index (χ0v) is 16.7. The van der Waals surface area contributed by atoms with Crippen molar-refractivity contribution in [3.8, 4) is 11.1 Å². The number of anilines is 1. The first-order chi connectivity index (χ1) is 15.0. The van der Waals surface area contributed by atoms with Gasteiger partial charge in [0.1, 0.15) is 19.0 Å². The number of carbonyl (C=O) groups excluding carboxylic acids is 1. The molecule has 10 nitrogen and oxygen atoms in total. The Kier molecular flexibility index (Phi) is 7.31. The fraction of sp³-hybridized carbons (Fsp3) is 0.250. The molecule has 1 amide bonds. The molecule has 1 aromatic heterocycles. The van der Waals surface area contributed by atoms with Gasteiger partial charge in [-0.25, -0.2) is 19.2 Å². The molecule has 4 N–H and O–H groups in total. The number of amides is 1. The van der Waals surface area contributed by atoms with Crippen molar-refractivity contribution in [3.05, 3.63) is 55.3 Å². The molecule has 1 aliphatic heterocycles. The van der Waals surface area contributed by atoms with Crippen LogP contribution in [0.4, 0.5) is 15.1 Å². The number of oxime groups is 1. The van der Waals surface area contributed by atoms with Gasteiger partial charge >= 0.3 is 6.09 Å². The average Bonchev–Trinajstić information content (AvgIpc) is 2.71. The van der Waals surface area contributed by atoms with Crippen LogP contribution in [0.15, 0.2) is 35.7 Å². The lowest BCUT2D eigenvalue weighted by molar-refractivity contribution is 0.143. The summed E-state index contributed by atoms with van der Waals surface area (Å²) in [6, 6.07) is 4.72. The lowest BCUT2D eigenvalue weighted by Gasteiger charge is -2.31. The summed E-state index contributed by atoms with van der Waals surface area (Å²) >= 11 is 0. The van der Waals surface area contributed by atoms with Crippen molar-refractivity contribution in [2.75, 3.05) is 24.6 Å². The van der Waals surface area contributed by atoms with Crippen molar-refractivity contribution >= 4 is 23.7 Å². The van der Waals surface area contributed by atoms with Crippen molar-refractivity contribution < 1.29 is 18.8 Å². The van der Waals surface area contributed by atoms with Crippen molar-refractivity contribution in [1.82, 2.24) is 15.3 Å². The Hall–Kier alpha value is -3.76. The molecule has 11 heteroatoms. The highest BCUT2D eigenvalue weighted by Gasteiger charge is 2.25. The number of nitrogens with two attached hydrogens (primary N) is 1. The minimum absolute atomic E-state index is 0.167. The Morgan fingerprint density at radius 3 is 2.81 bits per heavy atom. The topological polar surface area (TPSA) is 139 Å². The number of alkyl carbamates (subject to hydrolysis) is 1. The number of nitrogens with one attached hydrogen (secondary N) is 2. The molecular weight excluding hydrogens is 405 g/mol. The number of carbonyl (C=O) groups is 1. The summed E-state index contributed by atoms with van der Waals surface area (Å²) in [7, 11) is 0. The molecule has 1 saturated heterocycles. The molecule has 0 aliphatic carbocycles. The van der Waals surface area contributed by atoms with E-state index in [0.29, 0.717) is 31.2 Å². The molecule has 0 spiro atoms. The van der Waals surface area contributed by atoms with Crippen LogP contribution in [-0.2, 0) is 16.2 Å². The van der Waals surface area contributed by atoms with Gasteiger partial charge in [-0.15, -0.1) is 0 Å². The first kappa shape index (κ1) is 21.9. The van der Waals surface area contributed by atoms with E-state index in [1.54, 1.807) is 18.6 Å². The predicted octanol–water partition coefficient (Wildman–Crippen LogP) is 2.02. The van der Waals surface area contributed by atoms with Gasteiger partial charge in [0.15, 0.2) is 5.96 Å². The van der Waals surface area contributed by atoms with E-state index in [4.69, 9.17) is 20.7 Å². The Labute approximate surface area is 178 Å². The summed E-state index contributed by atoms with van der Waals surface area (Å²) in [5, 5.41) is 13.0. The van der Waals surface area contributed by atoms with Gasteiger partial charge in [-0.1, -0.05) is 23.4 Å². The second-order valence-corrected chi connectivity index (χ2v) is 6.59. The molecule has 2 radical (unpaired) electrons. The number of nitrogens with zero attached hydrogens (tertiary/aromatic N) is 4. The highest BCUT2D eigenvalue weighted by atomic mass is 19.1. The number of halogens is 1. The maximum Gasteiger partial charge on any atom is 0.414 e. The fourth-order valence-electron chi connectivity index (χ4n) is 2.69. The summed E-state index contributed by atoms with van der Waals surface area (Å²) in [5.41, 5.74) is 6.87. The smallest absolute Gasteiger partial charge is 0.414 e. The second-order valence-electron chi connectivity index (χ2n) is 6.59. The summed E-state index contributed by atoms with van der Waals surface area (Å²) in [5.74, 6) is -0.601. The average molecular weight is 427 g/mol. The van der Waals surface area contributed by atoms with E-state index in [-0.39, 0.29) is 17.7 Å². The Bertz CT molecular complexity index is 958. The van der Waals surface area contributed by atoms with Gasteiger partial charge < -0.3 is 20.2 Å². The molecule has 2 aromatic rings. The summed E-state index contributed by atoms with van der Waals surface area (Å²) < 4.78 is 19.7. The Morgan fingerprint density at radius 1 is 1.39 bits per heavy atom. The van der Waals surface area contributed by atoms with Crippen LogP contribution in [0.25, 0.3) is 11.1 Å². The maximum absolute atomic E-state index is 14.9. The van der Waals surface area contributed by atoms with Crippen LogP contribution < -0.4 is 16.0 Å². The van der Waals surface area contributed by atoms with Crippen LogP contribution in [0.5, 0.6) is 0 Å². The first-order valence-electron chi connectivity index (χ1n) is 9.39. The van der Waals surface area contributed by atoms with Gasteiger partial charge in [0.05, 0.1) is 18.8 Å². The van der Waals surface area contributed by atoms with Crippen LogP contribution in [0, 0.1) is 24.6 Å². The zero-order chi connectivity index (χ0) is 22.2. The zero-order valence-electron chi connectivity index (χ0n) is 16.7. The number of guanidine groups is 1. The quantitative estimate of drug-likeness (QED) is 0.253. The van der Waals surface area contributed by atoms with Crippen LogP contribution in [0.2, 0.25) is 0 Å². The highest BCUT2D eigenvalue weighted by molar-refractivity contribution is 5.98. The van der Waals surface area contributed by atoms with Crippen LogP contribution >= 0.6 is 0 Å². The lowest BCUT2D eigenvalue weighted by Crippen LogP contribution is -2.48. The Morgan fingerprint density at radius 2 is 2.13 bits per heavy atom. The van der Waals surface area contributed by atoms with E-state index in [2.05, 4.69) is 22.0 Å². The van der Waals surface area contributed by atoms with Crippen LogP contribution in [0.1, 0.15) is 12.0 Å². The van der Waals surface area contributed by atoms with Crippen molar-refractivity contribution in [2.24, 2.45) is 10.9 Å². The predicted molar refractivity (Wildman–Crippen MR) is 113 cm³/mol. The maximum atomic E-state index is 14.9. The standard InChI is InChI=1S/C20H22FN7O3/c1-2-3-7-31-27-15-10-28(11-15)19-24-8-14(9-25-19)16-6-4-5-13(17(16)21)12-30-20(29)26-18(22)23/h2,4-6,8-9H,1,3,7,10-12H2,(H4,22,23,26,29). The van der Waals surface area contributed by atoms with Gasteiger partial charge in [-0.05, 0) is 19.8 Å². The first-order valence-corrected chi connectivity index (χ1v) is 9.39. The molecule has 0 atom stereocenters. The third-order valence-electron chi connectivity index (χ3n) is 4.26. The minimum atomic E-state index is -0.937. The molecule has 3 rings (SSSR count). The van der Waals surface area contributed by atoms with Gasteiger partial charge in [-0.3, -0.25) is 10.7 Å². The number of aromatic nitrogens is 2. The van der Waals surface area contributed by atoms with Crippen LogP contribution in [-0.4, -0.2) is 47.4 Å². The van der Waals surface area contributed by atoms with E-state index in [0.717, 1.165) is 12.1 Å². The number of hydrogen-bond acceptors (Lipinski definition) is 8. The third kappa shape index (κ3) is 5.87. The van der Waals surface area contributed by atoms with Gasteiger partial charge in [0.25, 0.3) is 0 Å². The second kappa shape index (κ2) is 10.3. The van der Waals surface area contributed by atoms with Crippen molar-refractivity contribution in [1.29, 1.82) is 5.41 Å². The van der Waals surface area contributed by atoms with E-state index >= 15 is 0 Å². The number of ether oxygens (including phenoxy) is 1. The number of rotatable bonds is 8. The largest absolute Gasteiger partial charge is 0.444 e. The Balaban J connectivity index is 1.60. The van der Waals surface area contributed by atoms with Gasteiger partial charge in [0.2, 0.25) is 5.95 Å². The molecular formula is C20H22FN7O3. The summed E-state index contributed by atoms with van der Waals surface area (Å²) in [6.07, 6.45) is 4.63. The van der Waals surface area contributed by atoms with E-state index in [1.807, 2.05) is 10.2 Å². The van der Waals surface area contributed by atoms with E-state index < -0.39 is 17.9 Å². The number of benzene rings is 1. The fourth-order valence-corrected chi connectivity index (χ4v) is 2.69. The van der Waals surface area contributed by atoms with Crippen LogP contribution in [0.3, 0.4) is 0 Å². The molecule has 1 fully saturated rings. The van der Waals surface area contributed by atoms with Crippen molar-refractivity contribution in [3.63, 3.8) is 0 Å². The molecule has 0 saturated carbocycles. The van der Waals surface area contributed by atoms with Gasteiger partial charge in [-0.2, -0.15) is 0 Å². The molecule has 0 bridgehead atoms. The molecule has 2 heterocycles. The van der Waals surface area contributed by atoms with E-state index in [9.17, 15) is 9.18 Å². The summed E-state index contributed by atoms with van der Waals surface area (Å²) in [4.78, 5) is 27.1. The SMILES string of the molecule is [CH2][CH]CCON=C1CN(c2ncc(-c3cccc(COC(=O)NC(=N)N)c3F)cn2)C1. The highest BCUT2D eigenvalue weighted by Crippen LogP contribution is 2.25. The molecule has 162 valence electrons. The summed E-state index contributed by atoms with van der Waals surface area (Å²) in [6.45, 7) is 4.93. The minimum Gasteiger partial charge on any atom is -0.444 e.